The molecule has 0 aromatic rings. The van der Waals surface area contributed by atoms with Crippen molar-refractivity contribution < 1.29 is 9.53 Å². The molecule has 1 saturated heterocycles. The summed E-state index contributed by atoms with van der Waals surface area (Å²) < 4.78 is 5.76. The van der Waals surface area contributed by atoms with Gasteiger partial charge in [0.15, 0.2) is 0 Å². The highest BCUT2D eigenvalue weighted by molar-refractivity contribution is 5.85. The summed E-state index contributed by atoms with van der Waals surface area (Å²) in [4.78, 5) is 14.7. The van der Waals surface area contributed by atoms with E-state index in [1.54, 1.807) is 0 Å². The van der Waals surface area contributed by atoms with Gasteiger partial charge in [0, 0.05) is 32.2 Å². The first-order valence-corrected chi connectivity index (χ1v) is 8.77. The van der Waals surface area contributed by atoms with Crippen molar-refractivity contribution in [3.63, 3.8) is 0 Å². The lowest BCUT2D eigenvalue weighted by Gasteiger charge is -2.44. The van der Waals surface area contributed by atoms with Gasteiger partial charge in [0.2, 0.25) is 5.91 Å². The van der Waals surface area contributed by atoms with E-state index < -0.39 is 0 Å². The van der Waals surface area contributed by atoms with Crippen molar-refractivity contribution in [2.45, 2.75) is 63.5 Å². The van der Waals surface area contributed by atoms with Gasteiger partial charge in [-0.25, -0.2) is 0 Å². The second-order valence-corrected chi connectivity index (χ2v) is 7.40. The van der Waals surface area contributed by atoms with Gasteiger partial charge in [-0.05, 0) is 56.8 Å². The van der Waals surface area contributed by atoms with E-state index in [2.05, 4.69) is 0 Å². The Morgan fingerprint density at radius 3 is 2.41 bits per heavy atom. The van der Waals surface area contributed by atoms with Crippen molar-refractivity contribution in [2.24, 2.45) is 23.5 Å². The summed E-state index contributed by atoms with van der Waals surface area (Å²) in [5.41, 5.74) is 6.33. The van der Waals surface area contributed by atoms with Crippen molar-refractivity contribution >= 4 is 18.3 Å². The van der Waals surface area contributed by atoms with E-state index in [4.69, 9.17) is 10.5 Å². The van der Waals surface area contributed by atoms with Crippen LogP contribution in [0.15, 0.2) is 0 Å². The minimum atomic E-state index is 0. The van der Waals surface area contributed by atoms with Gasteiger partial charge in [-0.3, -0.25) is 4.79 Å². The number of amides is 1. The van der Waals surface area contributed by atoms with Gasteiger partial charge in [0.1, 0.15) is 0 Å². The number of fused-ring (bicyclic) bond motifs is 2. The number of carbonyl (C=O) groups is 1. The first-order chi connectivity index (χ1) is 10.1. The summed E-state index contributed by atoms with van der Waals surface area (Å²) >= 11 is 0. The van der Waals surface area contributed by atoms with Crippen molar-refractivity contribution in [3.05, 3.63) is 0 Å². The predicted octanol–water partition coefficient (Wildman–Crippen LogP) is 2.59. The minimum Gasteiger partial charge on any atom is -0.376 e. The molecule has 0 spiro atoms. The van der Waals surface area contributed by atoms with Crippen LogP contribution in [0.3, 0.4) is 0 Å². The molecule has 0 radical (unpaired) electrons. The summed E-state index contributed by atoms with van der Waals surface area (Å²) in [5.74, 6) is 1.68. The summed E-state index contributed by atoms with van der Waals surface area (Å²) in [7, 11) is 1.95. The Morgan fingerprint density at radius 1 is 1.14 bits per heavy atom. The lowest BCUT2D eigenvalue weighted by Crippen LogP contribution is -2.50. The van der Waals surface area contributed by atoms with Crippen LogP contribution in [-0.2, 0) is 9.53 Å². The highest BCUT2D eigenvalue weighted by atomic mass is 35.5. The van der Waals surface area contributed by atoms with Gasteiger partial charge in [-0.15, -0.1) is 12.4 Å². The average molecular weight is 331 g/mol. The zero-order valence-corrected chi connectivity index (χ0v) is 14.5. The zero-order valence-electron chi connectivity index (χ0n) is 13.7. The second-order valence-electron chi connectivity index (χ2n) is 7.40. The number of hydrogen-bond donors (Lipinski definition) is 1. The van der Waals surface area contributed by atoms with Crippen molar-refractivity contribution in [2.75, 3.05) is 20.2 Å². The number of rotatable bonds is 3. The number of halogens is 1. The van der Waals surface area contributed by atoms with Crippen LogP contribution in [-0.4, -0.2) is 43.2 Å². The number of likely N-dealkylation sites (N-methyl/N-ethyl adjacent to an activating group) is 1. The molecule has 2 N–H and O–H groups in total. The van der Waals surface area contributed by atoms with E-state index in [0.717, 1.165) is 38.8 Å². The molecule has 5 heteroatoms. The fourth-order valence-electron chi connectivity index (χ4n) is 4.65. The number of nitrogens with zero attached hydrogens (tertiary/aromatic N) is 1. The van der Waals surface area contributed by atoms with Crippen LogP contribution in [0.1, 0.15) is 51.4 Å². The molecule has 22 heavy (non-hydrogen) atoms. The fraction of sp³-hybridized carbons (Fsp3) is 0.941. The molecule has 4 nitrogen and oxygen atoms in total. The van der Waals surface area contributed by atoms with Crippen LogP contribution in [0.4, 0.5) is 0 Å². The SMILES string of the molecule is CN(CC1CCCCO1)C(=O)C1CC2CCCC(C1)C2N.Cl. The summed E-state index contributed by atoms with van der Waals surface area (Å²) in [5, 5.41) is 0. The maximum absolute atomic E-state index is 12.7. The number of nitrogens with two attached hydrogens (primary N) is 1. The molecule has 3 fully saturated rings. The quantitative estimate of drug-likeness (QED) is 0.865. The van der Waals surface area contributed by atoms with Gasteiger partial charge in [0.25, 0.3) is 0 Å². The molecule has 1 heterocycles. The van der Waals surface area contributed by atoms with Crippen LogP contribution >= 0.6 is 12.4 Å². The molecular formula is C17H31ClN2O2. The minimum absolute atomic E-state index is 0. The fourth-order valence-corrected chi connectivity index (χ4v) is 4.65. The monoisotopic (exact) mass is 330 g/mol. The normalized spacial score (nSPS) is 38.0. The van der Waals surface area contributed by atoms with Gasteiger partial charge in [-0.1, -0.05) is 6.42 Å². The molecule has 1 aliphatic heterocycles. The summed E-state index contributed by atoms with van der Waals surface area (Å²) in [6, 6.07) is 0.342. The Bertz CT molecular complexity index is 360. The third kappa shape index (κ3) is 3.95. The van der Waals surface area contributed by atoms with E-state index in [1.807, 2.05) is 11.9 Å². The van der Waals surface area contributed by atoms with Crippen molar-refractivity contribution in [3.8, 4) is 0 Å². The van der Waals surface area contributed by atoms with Gasteiger partial charge >= 0.3 is 0 Å². The van der Waals surface area contributed by atoms with E-state index in [0.29, 0.717) is 23.8 Å². The van der Waals surface area contributed by atoms with Gasteiger partial charge < -0.3 is 15.4 Å². The average Bonchev–Trinajstić information content (AvgIpc) is 2.47. The Morgan fingerprint density at radius 2 is 1.82 bits per heavy atom. The summed E-state index contributed by atoms with van der Waals surface area (Å²) in [6.07, 6.45) is 9.49. The number of carbonyl (C=O) groups excluding carboxylic acids is 1. The molecule has 1 amide bonds. The maximum atomic E-state index is 12.7. The first kappa shape index (κ1) is 18.0. The molecule has 2 bridgehead atoms. The number of ether oxygens (including phenoxy) is 1. The van der Waals surface area contributed by atoms with E-state index >= 15 is 0 Å². The smallest absolute Gasteiger partial charge is 0.225 e. The van der Waals surface area contributed by atoms with Crippen LogP contribution in [0.5, 0.6) is 0 Å². The van der Waals surface area contributed by atoms with Crippen LogP contribution in [0, 0.1) is 17.8 Å². The maximum Gasteiger partial charge on any atom is 0.225 e. The Kier molecular flexibility index (Phi) is 6.54. The first-order valence-electron chi connectivity index (χ1n) is 8.77. The third-order valence-corrected chi connectivity index (χ3v) is 5.89. The van der Waals surface area contributed by atoms with Crippen LogP contribution in [0.25, 0.3) is 0 Å². The van der Waals surface area contributed by atoms with E-state index in [9.17, 15) is 4.79 Å². The van der Waals surface area contributed by atoms with E-state index in [-0.39, 0.29) is 24.4 Å². The third-order valence-electron chi connectivity index (χ3n) is 5.89. The topological polar surface area (TPSA) is 55.6 Å². The molecule has 0 aromatic heterocycles. The van der Waals surface area contributed by atoms with Crippen molar-refractivity contribution in [1.29, 1.82) is 0 Å². The number of hydrogen-bond acceptors (Lipinski definition) is 3. The lowest BCUT2D eigenvalue weighted by molar-refractivity contribution is -0.139. The zero-order chi connectivity index (χ0) is 14.8. The summed E-state index contributed by atoms with van der Waals surface area (Å²) in [6.45, 7) is 1.62. The van der Waals surface area contributed by atoms with Crippen LogP contribution < -0.4 is 5.73 Å². The predicted molar refractivity (Wildman–Crippen MR) is 90.0 cm³/mol. The Hall–Kier alpha value is -0.320. The molecule has 2 aliphatic carbocycles. The van der Waals surface area contributed by atoms with Gasteiger partial charge in [0.05, 0.1) is 6.10 Å². The second kappa shape index (κ2) is 7.98. The van der Waals surface area contributed by atoms with Gasteiger partial charge in [-0.2, -0.15) is 0 Å². The highest BCUT2D eigenvalue weighted by Crippen LogP contribution is 2.42. The molecular weight excluding hydrogens is 300 g/mol. The lowest BCUT2D eigenvalue weighted by atomic mass is 9.65. The molecule has 2 saturated carbocycles. The molecule has 0 aromatic carbocycles. The Labute approximate surface area is 140 Å². The molecule has 3 aliphatic rings. The van der Waals surface area contributed by atoms with Crippen LogP contribution in [0.2, 0.25) is 0 Å². The van der Waals surface area contributed by atoms with Crippen molar-refractivity contribution in [1.82, 2.24) is 4.90 Å². The van der Waals surface area contributed by atoms with E-state index in [1.165, 1.54) is 25.7 Å². The molecule has 128 valence electrons. The molecule has 3 unspecified atom stereocenters. The largest absolute Gasteiger partial charge is 0.376 e. The highest BCUT2D eigenvalue weighted by Gasteiger charge is 2.41. The molecule has 3 atom stereocenters. The Balaban J connectivity index is 0.00000176. The standard InChI is InChI=1S/C17H30N2O2.ClH/c1-19(11-15-7-2-3-8-21-15)17(20)14-9-12-5-4-6-13(10-14)16(12)18;/h12-16H,2-11,18H2,1H3;1H. The molecule has 3 rings (SSSR count).